The van der Waals surface area contributed by atoms with Gasteiger partial charge < -0.3 is 10.2 Å². The van der Waals surface area contributed by atoms with Gasteiger partial charge in [-0.2, -0.15) is 0 Å². The van der Waals surface area contributed by atoms with Crippen LogP contribution in [-0.2, 0) is 0 Å². The van der Waals surface area contributed by atoms with E-state index in [2.05, 4.69) is 24.3 Å². The largest absolute Gasteiger partial charge is 0.454 e. The quantitative estimate of drug-likeness (QED) is 0.497. The molecular formula is C18H13NO. The molecule has 4 aromatic rings. The molecule has 0 atom stereocenters. The van der Waals surface area contributed by atoms with Crippen molar-refractivity contribution in [3.63, 3.8) is 0 Å². The Balaban J connectivity index is 2.17. The average Bonchev–Trinajstić information content (AvgIpc) is 2.88. The van der Waals surface area contributed by atoms with Crippen molar-refractivity contribution < 1.29 is 4.42 Å². The predicted molar refractivity (Wildman–Crippen MR) is 83.6 cm³/mol. The highest BCUT2D eigenvalue weighted by Gasteiger charge is 2.13. The van der Waals surface area contributed by atoms with Gasteiger partial charge in [0.2, 0.25) is 0 Å². The molecule has 2 nitrogen and oxygen atoms in total. The standard InChI is InChI=1S/C18H13NO/c19-15-10-4-9-14-17-13(12-6-2-1-3-7-12)8-5-11-16(17)20-18(14)15/h1-11H,19H2. The molecule has 0 bridgehead atoms. The van der Waals surface area contributed by atoms with Crippen LogP contribution in [0, 0.1) is 0 Å². The zero-order valence-corrected chi connectivity index (χ0v) is 10.8. The van der Waals surface area contributed by atoms with Gasteiger partial charge in [-0.25, -0.2) is 0 Å². The third kappa shape index (κ3) is 1.51. The van der Waals surface area contributed by atoms with Crippen LogP contribution >= 0.6 is 0 Å². The number of benzene rings is 3. The van der Waals surface area contributed by atoms with Crippen molar-refractivity contribution in [2.75, 3.05) is 5.73 Å². The summed E-state index contributed by atoms with van der Waals surface area (Å²) in [6.45, 7) is 0. The molecule has 3 aromatic carbocycles. The Morgan fingerprint density at radius 2 is 1.55 bits per heavy atom. The minimum atomic E-state index is 0.678. The van der Waals surface area contributed by atoms with Gasteiger partial charge >= 0.3 is 0 Å². The molecule has 4 rings (SSSR count). The van der Waals surface area contributed by atoms with Crippen molar-refractivity contribution in [3.05, 3.63) is 66.7 Å². The van der Waals surface area contributed by atoms with Gasteiger partial charge in [-0.1, -0.05) is 54.6 Å². The SMILES string of the molecule is Nc1cccc2c1oc1cccc(-c3ccccc3)c12. The van der Waals surface area contributed by atoms with E-state index in [1.165, 1.54) is 11.1 Å². The molecule has 0 radical (unpaired) electrons. The number of anilines is 1. The number of nitrogens with two attached hydrogens (primary N) is 1. The van der Waals surface area contributed by atoms with Crippen molar-refractivity contribution in [2.45, 2.75) is 0 Å². The molecule has 0 aliphatic carbocycles. The second kappa shape index (κ2) is 4.14. The number of para-hydroxylation sites is 1. The van der Waals surface area contributed by atoms with E-state index in [1.807, 2.05) is 42.5 Å². The molecule has 0 aliphatic rings. The van der Waals surface area contributed by atoms with Crippen LogP contribution in [0.2, 0.25) is 0 Å². The van der Waals surface area contributed by atoms with Crippen molar-refractivity contribution in [1.29, 1.82) is 0 Å². The van der Waals surface area contributed by atoms with E-state index in [4.69, 9.17) is 10.2 Å². The second-order valence-corrected chi connectivity index (χ2v) is 4.87. The number of nitrogen functional groups attached to an aromatic ring is 1. The molecule has 0 spiro atoms. The Morgan fingerprint density at radius 1 is 0.750 bits per heavy atom. The van der Waals surface area contributed by atoms with Gasteiger partial charge in [-0.3, -0.25) is 0 Å². The third-order valence-electron chi connectivity index (χ3n) is 3.64. The lowest BCUT2D eigenvalue weighted by Crippen LogP contribution is -1.83. The summed E-state index contributed by atoms with van der Waals surface area (Å²) < 4.78 is 5.92. The van der Waals surface area contributed by atoms with E-state index in [-0.39, 0.29) is 0 Å². The Bertz CT molecular complexity index is 907. The van der Waals surface area contributed by atoms with Gasteiger partial charge in [0.1, 0.15) is 5.58 Å². The smallest absolute Gasteiger partial charge is 0.158 e. The van der Waals surface area contributed by atoms with Crippen LogP contribution < -0.4 is 5.73 Å². The zero-order chi connectivity index (χ0) is 13.5. The molecule has 0 saturated heterocycles. The molecule has 0 unspecified atom stereocenters. The molecule has 0 amide bonds. The van der Waals surface area contributed by atoms with Crippen molar-refractivity contribution >= 4 is 27.6 Å². The van der Waals surface area contributed by atoms with Crippen molar-refractivity contribution in [3.8, 4) is 11.1 Å². The van der Waals surface area contributed by atoms with Gasteiger partial charge in [0, 0.05) is 10.8 Å². The molecule has 2 N–H and O–H groups in total. The molecule has 96 valence electrons. The van der Waals surface area contributed by atoms with Crippen LogP contribution in [0.5, 0.6) is 0 Å². The zero-order valence-electron chi connectivity index (χ0n) is 10.8. The van der Waals surface area contributed by atoms with Gasteiger partial charge in [-0.05, 0) is 23.3 Å². The van der Waals surface area contributed by atoms with E-state index < -0.39 is 0 Å². The van der Waals surface area contributed by atoms with Crippen molar-refractivity contribution in [1.82, 2.24) is 0 Å². The summed E-state index contributed by atoms with van der Waals surface area (Å²) in [5.74, 6) is 0. The summed E-state index contributed by atoms with van der Waals surface area (Å²) in [5, 5.41) is 2.19. The summed E-state index contributed by atoms with van der Waals surface area (Å²) >= 11 is 0. The minimum absolute atomic E-state index is 0.678. The lowest BCUT2D eigenvalue weighted by Gasteiger charge is -2.03. The summed E-state index contributed by atoms with van der Waals surface area (Å²) in [5.41, 5.74) is 10.7. The first-order chi connectivity index (χ1) is 9.84. The van der Waals surface area contributed by atoms with Gasteiger partial charge in [-0.15, -0.1) is 0 Å². The Labute approximate surface area is 116 Å². The third-order valence-corrected chi connectivity index (χ3v) is 3.64. The first-order valence-electron chi connectivity index (χ1n) is 6.60. The minimum Gasteiger partial charge on any atom is -0.454 e. The lowest BCUT2D eigenvalue weighted by molar-refractivity contribution is 0.670. The molecule has 0 fully saturated rings. The first kappa shape index (κ1) is 11.1. The van der Waals surface area contributed by atoms with E-state index in [1.54, 1.807) is 0 Å². The second-order valence-electron chi connectivity index (χ2n) is 4.87. The van der Waals surface area contributed by atoms with Crippen LogP contribution in [0.1, 0.15) is 0 Å². The maximum Gasteiger partial charge on any atom is 0.158 e. The highest BCUT2D eigenvalue weighted by molar-refractivity contribution is 6.14. The van der Waals surface area contributed by atoms with Crippen LogP contribution in [-0.4, -0.2) is 0 Å². The van der Waals surface area contributed by atoms with E-state index in [9.17, 15) is 0 Å². The van der Waals surface area contributed by atoms with Gasteiger partial charge in [0.05, 0.1) is 5.69 Å². The summed E-state index contributed by atoms with van der Waals surface area (Å²) in [6.07, 6.45) is 0. The molecule has 20 heavy (non-hydrogen) atoms. The molecule has 0 saturated carbocycles. The summed E-state index contributed by atoms with van der Waals surface area (Å²) in [4.78, 5) is 0. The molecule has 2 heteroatoms. The van der Waals surface area contributed by atoms with E-state index in [0.717, 1.165) is 21.9 Å². The number of hydrogen-bond acceptors (Lipinski definition) is 2. The van der Waals surface area contributed by atoms with Crippen LogP contribution in [0.25, 0.3) is 33.1 Å². The van der Waals surface area contributed by atoms with Gasteiger partial charge in [0.15, 0.2) is 5.58 Å². The normalized spacial score (nSPS) is 11.2. The summed E-state index contributed by atoms with van der Waals surface area (Å²) in [6, 6.07) is 22.4. The average molecular weight is 259 g/mol. The highest BCUT2D eigenvalue weighted by Crippen LogP contribution is 2.38. The van der Waals surface area contributed by atoms with Crippen LogP contribution in [0.4, 0.5) is 5.69 Å². The molecule has 1 aromatic heterocycles. The van der Waals surface area contributed by atoms with E-state index in [0.29, 0.717) is 5.69 Å². The van der Waals surface area contributed by atoms with Crippen molar-refractivity contribution in [2.24, 2.45) is 0 Å². The van der Waals surface area contributed by atoms with Gasteiger partial charge in [0.25, 0.3) is 0 Å². The Morgan fingerprint density at radius 3 is 2.40 bits per heavy atom. The lowest BCUT2D eigenvalue weighted by atomic mass is 9.99. The molecule has 1 heterocycles. The molecular weight excluding hydrogens is 246 g/mol. The van der Waals surface area contributed by atoms with Crippen LogP contribution in [0.15, 0.2) is 71.1 Å². The molecule has 0 aliphatic heterocycles. The Kier molecular flexibility index (Phi) is 2.30. The first-order valence-corrected chi connectivity index (χ1v) is 6.60. The maximum atomic E-state index is 6.02. The fourth-order valence-corrected chi connectivity index (χ4v) is 2.73. The number of furan rings is 1. The fourth-order valence-electron chi connectivity index (χ4n) is 2.73. The Hall–Kier alpha value is -2.74. The fraction of sp³-hybridized carbons (Fsp3) is 0. The number of rotatable bonds is 1. The number of fused-ring (bicyclic) bond motifs is 3. The van der Waals surface area contributed by atoms with E-state index >= 15 is 0 Å². The maximum absolute atomic E-state index is 6.02. The monoisotopic (exact) mass is 259 g/mol. The van der Waals surface area contributed by atoms with Crippen LogP contribution in [0.3, 0.4) is 0 Å². The highest BCUT2D eigenvalue weighted by atomic mass is 16.3. The summed E-state index contributed by atoms with van der Waals surface area (Å²) in [7, 11) is 0. The predicted octanol–water partition coefficient (Wildman–Crippen LogP) is 4.84. The topological polar surface area (TPSA) is 39.2 Å². The number of hydrogen-bond donors (Lipinski definition) is 1.